The van der Waals surface area contributed by atoms with Gasteiger partial charge in [0.05, 0.1) is 12.5 Å². The van der Waals surface area contributed by atoms with E-state index in [0.717, 1.165) is 0 Å². The summed E-state index contributed by atoms with van der Waals surface area (Å²) in [7, 11) is 0. The summed E-state index contributed by atoms with van der Waals surface area (Å²) >= 11 is 0. The van der Waals surface area contributed by atoms with Crippen LogP contribution in [0.3, 0.4) is 0 Å². The van der Waals surface area contributed by atoms with Gasteiger partial charge in [0.15, 0.2) is 0 Å². The van der Waals surface area contributed by atoms with Gasteiger partial charge >= 0.3 is 5.97 Å². The van der Waals surface area contributed by atoms with Gasteiger partial charge < -0.3 is 38.0 Å². The van der Waals surface area contributed by atoms with E-state index in [9.17, 15) is 34.2 Å². The number of carboxylic acid groups (broad SMARTS) is 1. The maximum absolute atomic E-state index is 12.6. The van der Waals surface area contributed by atoms with E-state index in [4.69, 9.17) is 17.2 Å². The zero-order valence-corrected chi connectivity index (χ0v) is 16.0. The molecule has 0 aliphatic heterocycles. The first kappa shape index (κ1) is 24.4. The molecule has 1 aromatic carbocycles. The molecule has 12 heteroatoms. The number of benzene rings is 1. The number of carbonyl (C=O) groups excluding carboxylic acids is 4. The molecule has 1 rings (SSSR count). The Bertz CT molecular complexity index is 797. The average molecular weight is 423 g/mol. The number of amides is 4. The number of carbonyl (C=O) groups is 5. The Kier molecular flexibility index (Phi) is 9.23. The second-order valence-electron chi connectivity index (χ2n) is 6.61. The Morgan fingerprint density at radius 2 is 1.47 bits per heavy atom. The molecule has 0 saturated carbocycles. The number of aromatic hydroxyl groups is 1. The molecule has 164 valence electrons. The summed E-state index contributed by atoms with van der Waals surface area (Å²) in [5, 5.41) is 23.3. The Labute approximate surface area is 171 Å². The van der Waals surface area contributed by atoms with Crippen LogP contribution in [0.2, 0.25) is 0 Å². The molecule has 0 aliphatic rings. The zero-order valence-electron chi connectivity index (χ0n) is 16.0. The first-order chi connectivity index (χ1) is 14.0. The number of aliphatic carboxylic acids is 1. The highest BCUT2D eigenvalue weighted by Gasteiger charge is 2.28. The predicted molar refractivity (Wildman–Crippen MR) is 104 cm³/mol. The number of hydrogen-bond acceptors (Lipinski definition) is 7. The molecule has 0 radical (unpaired) electrons. The van der Waals surface area contributed by atoms with Crippen LogP contribution in [0.1, 0.15) is 24.8 Å². The third-order valence-corrected chi connectivity index (χ3v) is 4.06. The summed E-state index contributed by atoms with van der Waals surface area (Å²) in [6.07, 6.45) is -1.03. The van der Waals surface area contributed by atoms with E-state index < -0.39 is 54.1 Å². The molecule has 0 fully saturated rings. The highest BCUT2D eigenvalue weighted by atomic mass is 16.4. The van der Waals surface area contributed by atoms with E-state index in [1.807, 2.05) is 0 Å². The van der Waals surface area contributed by atoms with Crippen molar-refractivity contribution in [3.05, 3.63) is 29.8 Å². The fourth-order valence-electron chi connectivity index (χ4n) is 2.48. The zero-order chi connectivity index (χ0) is 22.8. The standard InChI is InChI=1S/C18H25N5O7/c19-11(8-15(21)26)16(27)22-12(5-6-14(20)25)17(28)23-13(18(29)30)7-9-1-3-10(24)4-2-9/h1-4,11-13,24H,5-8,19H2,(H2,20,25)(H2,21,26)(H,22,27)(H,23,28)(H,29,30). The highest BCUT2D eigenvalue weighted by molar-refractivity contribution is 5.93. The number of primary amides is 2. The minimum absolute atomic E-state index is 0.00353. The molecule has 4 amide bonds. The smallest absolute Gasteiger partial charge is 0.326 e. The van der Waals surface area contributed by atoms with E-state index in [0.29, 0.717) is 5.56 Å². The minimum atomic E-state index is -1.35. The van der Waals surface area contributed by atoms with Crippen molar-refractivity contribution >= 4 is 29.6 Å². The van der Waals surface area contributed by atoms with Crippen molar-refractivity contribution in [2.45, 2.75) is 43.8 Å². The maximum atomic E-state index is 12.6. The van der Waals surface area contributed by atoms with Gasteiger partial charge in [0, 0.05) is 12.8 Å². The van der Waals surface area contributed by atoms with Crippen molar-refractivity contribution in [3.63, 3.8) is 0 Å². The normalized spacial score (nSPS) is 13.5. The number of nitrogens with one attached hydrogen (secondary N) is 2. The topological polar surface area (TPSA) is 228 Å². The lowest BCUT2D eigenvalue weighted by atomic mass is 10.0. The maximum Gasteiger partial charge on any atom is 0.326 e. The Hall–Kier alpha value is -3.67. The second-order valence-corrected chi connectivity index (χ2v) is 6.61. The first-order valence-electron chi connectivity index (χ1n) is 8.93. The molecule has 10 N–H and O–H groups in total. The highest BCUT2D eigenvalue weighted by Crippen LogP contribution is 2.12. The molecular formula is C18H25N5O7. The van der Waals surface area contributed by atoms with Crippen LogP contribution < -0.4 is 27.8 Å². The lowest BCUT2D eigenvalue weighted by molar-refractivity contribution is -0.142. The number of carboxylic acids is 1. The molecule has 0 heterocycles. The molecule has 12 nitrogen and oxygen atoms in total. The predicted octanol–water partition coefficient (Wildman–Crippen LogP) is -2.54. The van der Waals surface area contributed by atoms with Crippen LogP contribution in [-0.2, 0) is 30.4 Å². The van der Waals surface area contributed by atoms with Gasteiger partial charge in [0.2, 0.25) is 23.6 Å². The minimum Gasteiger partial charge on any atom is -0.508 e. The van der Waals surface area contributed by atoms with Crippen molar-refractivity contribution in [1.82, 2.24) is 10.6 Å². The number of rotatable bonds is 12. The van der Waals surface area contributed by atoms with Gasteiger partial charge in [0.25, 0.3) is 0 Å². The second kappa shape index (κ2) is 11.4. The lowest BCUT2D eigenvalue weighted by Crippen LogP contribution is -2.55. The molecule has 0 saturated heterocycles. The van der Waals surface area contributed by atoms with Gasteiger partial charge in [-0.05, 0) is 24.1 Å². The van der Waals surface area contributed by atoms with Crippen LogP contribution in [0, 0.1) is 0 Å². The molecule has 1 aromatic rings. The third kappa shape index (κ3) is 8.56. The van der Waals surface area contributed by atoms with Crippen LogP contribution in [0.4, 0.5) is 0 Å². The SMILES string of the molecule is NC(=O)CCC(NC(=O)C(N)CC(N)=O)C(=O)NC(Cc1ccc(O)cc1)C(=O)O. The third-order valence-electron chi connectivity index (χ3n) is 4.06. The van der Waals surface area contributed by atoms with Crippen molar-refractivity contribution in [1.29, 1.82) is 0 Å². The van der Waals surface area contributed by atoms with Crippen LogP contribution in [-0.4, -0.2) is 57.9 Å². The van der Waals surface area contributed by atoms with Gasteiger partial charge in [-0.15, -0.1) is 0 Å². The average Bonchev–Trinajstić information content (AvgIpc) is 2.65. The summed E-state index contributed by atoms with van der Waals surface area (Å²) in [4.78, 5) is 58.2. The van der Waals surface area contributed by atoms with E-state index in [1.165, 1.54) is 24.3 Å². The Balaban J connectivity index is 2.89. The molecule has 30 heavy (non-hydrogen) atoms. The first-order valence-corrected chi connectivity index (χ1v) is 8.93. The Morgan fingerprint density at radius 3 is 1.97 bits per heavy atom. The van der Waals surface area contributed by atoms with Crippen molar-refractivity contribution in [2.75, 3.05) is 0 Å². The molecule has 3 unspecified atom stereocenters. The van der Waals surface area contributed by atoms with Crippen LogP contribution in [0.15, 0.2) is 24.3 Å². The fraction of sp³-hybridized carbons (Fsp3) is 0.389. The quantitative estimate of drug-likeness (QED) is 0.189. The molecule has 0 spiro atoms. The van der Waals surface area contributed by atoms with Crippen molar-refractivity contribution < 1.29 is 34.2 Å². The molecule has 0 bridgehead atoms. The van der Waals surface area contributed by atoms with Gasteiger partial charge in [-0.3, -0.25) is 19.2 Å². The van der Waals surface area contributed by atoms with Gasteiger partial charge in [-0.2, -0.15) is 0 Å². The van der Waals surface area contributed by atoms with Crippen LogP contribution >= 0.6 is 0 Å². The fourth-order valence-corrected chi connectivity index (χ4v) is 2.48. The lowest BCUT2D eigenvalue weighted by Gasteiger charge is -2.22. The molecule has 3 atom stereocenters. The largest absolute Gasteiger partial charge is 0.508 e. The van der Waals surface area contributed by atoms with E-state index >= 15 is 0 Å². The van der Waals surface area contributed by atoms with Gasteiger partial charge in [-0.1, -0.05) is 12.1 Å². The van der Waals surface area contributed by atoms with E-state index in [2.05, 4.69) is 10.6 Å². The summed E-state index contributed by atoms with van der Waals surface area (Å²) < 4.78 is 0. The molecular weight excluding hydrogens is 398 g/mol. The van der Waals surface area contributed by atoms with Crippen molar-refractivity contribution in [2.24, 2.45) is 17.2 Å². The van der Waals surface area contributed by atoms with E-state index in [1.54, 1.807) is 0 Å². The van der Waals surface area contributed by atoms with E-state index in [-0.39, 0.29) is 25.0 Å². The summed E-state index contributed by atoms with van der Waals surface area (Å²) in [6.45, 7) is 0. The number of phenols is 1. The monoisotopic (exact) mass is 423 g/mol. The van der Waals surface area contributed by atoms with Crippen LogP contribution in [0.5, 0.6) is 5.75 Å². The number of nitrogens with two attached hydrogens (primary N) is 3. The summed E-state index contributed by atoms with van der Waals surface area (Å²) in [5.41, 5.74) is 16.1. The Morgan fingerprint density at radius 1 is 0.900 bits per heavy atom. The summed E-state index contributed by atoms with van der Waals surface area (Å²) in [6, 6.07) is 1.73. The molecule has 0 aromatic heterocycles. The van der Waals surface area contributed by atoms with Crippen LogP contribution in [0.25, 0.3) is 0 Å². The van der Waals surface area contributed by atoms with Gasteiger partial charge in [-0.25, -0.2) is 4.79 Å². The number of hydrogen-bond donors (Lipinski definition) is 7. The number of phenolic OH excluding ortho intramolecular Hbond substituents is 1. The summed E-state index contributed by atoms with van der Waals surface area (Å²) in [5.74, 6) is -4.64. The molecule has 0 aliphatic carbocycles. The van der Waals surface area contributed by atoms with Crippen molar-refractivity contribution in [3.8, 4) is 5.75 Å². The van der Waals surface area contributed by atoms with Gasteiger partial charge in [0.1, 0.15) is 17.8 Å².